The van der Waals surface area contributed by atoms with E-state index in [2.05, 4.69) is 66.4 Å². The molecule has 0 bridgehead atoms. The molecule has 1 heterocycles. The summed E-state index contributed by atoms with van der Waals surface area (Å²) in [5.74, 6) is 0. The monoisotopic (exact) mass is 271 g/mol. The highest BCUT2D eigenvalue weighted by atomic mass is 14.6. The van der Waals surface area contributed by atoms with Gasteiger partial charge in [-0.2, -0.15) is 0 Å². The average molecular weight is 271 g/mol. The Morgan fingerprint density at radius 1 is 0.810 bits per heavy atom. The molecule has 2 aromatic carbocycles. The molecule has 1 aliphatic carbocycles. The number of nitrogens with zero attached hydrogens (tertiary/aromatic N) is 1. The van der Waals surface area contributed by atoms with Crippen molar-refractivity contribution in [2.45, 2.75) is 6.42 Å². The van der Waals surface area contributed by atoms with Crippen LogP contribution in [0.3, 0.4) is 0 Å². The van der Waals surface area contributed by atoms with Crippen molar-refractivity contribution in [1.29, 1.82) is 0 Å². The molecule has 1 aromatic heterocycles. The zero-order chi connectivity index (χ0) is 14.9. The van der Waals surface area contributed by atoms with Crippen LogP contribution in [0.4, 0.5) is 0 Å². The van der Waals surface area contributed by atoms with Crippen LogP contribution < -0.4 is 0 Å². The standard InChI is InChI=1S/C13H10.C5H5N.C2H2/c1-4-10-6-2-8-12-9-3-7-11(5-1)13(10)12;1-2-4-6-5-3-1;1-2/h1-8H,9H2;1-5H;1-2H. The van der Waals surface area contributed by atoms with E-state index in [9.17, 15) is 0 Å². The van der Waals surface area contributed by atoms with E-state index in [-0.39, 0.29) is 0 Å². The third-order valence-electron chi connectivity index (χ3n) is 3.22. The van der Waals surface area contributed by atoms with Crippen LogP contribution in [0, 0.1) is 12.8 Å². The van der Waals surface area contributed by atoms with Gasteiger partial charge in [0.05, 0.1) is 0 Å². The molecule has 102 valence electrons. The van der Waals surface area contributed by atoms with Gasteiger partial charge in [0.15, 0.2) is 0 Å². The van der Waals surface area contributed by atoms with E-state index in [0.29, 0.717) is 0 Å². The highest BCUT2D eigenvalue weighted by Gasteiger charge is 2.06. The van der Waals surface area contributed by atoms with E-state index in [1.807, 2.05) is 18.2 Å². The Morgan fingerprint density at radius 2 is 1.52 bits per heavy atom. The highest BCUT2D eigenvalue weighted by Crippen LogP contribution is 2.27. The summed E-state index contributed by atoms with van der Waals surface area (Å²) in [4.78, 5) is 3.78. The van der Waals surface area contributed by atoms with Crippen molar-refractivity contribution >= 4 is 16.8 Å². The number of pyridine rings is 1. The second-order valence-corrected chi connectivity index (χ2v) is 4.49. The third-order valence-corrected chi connectivity index (χ3v) is 3.22. The summed E-state index contributed by atoms with van der Waals surface area (Å²) in [7, 11) is 0. The molecule has 0 radical (unpaired) electrons. The van der Waals surface area contributed by atoms with Crippen LogP contribution >= 0.6 is 0 Å². The topological polar surface area (TPSA) is 12.9 Å². The van der Waals surface area contributed by atoms with Crippen molar-refractivity contribution in [2.75, 3.05) is 0 Å². The Morgan fingerprint density at radius 3 is 2.14 bits per heavy atom. The van der Waals surface area contributed by atoms with Crippen molar-refractivity contribution in [2.24, 2.45) is 0 Å². The Balaban J connectivity index is 0.000000171. The lowest BCUT2D eigenvalue weighted by Gasteiger charge is -2.11. The quantitative estimate of drug-likeness (QED) is 0.538. The number of terminal acetylenes is 1. The van der Waals surface area contributed by atoms with Gasteiger partial charge in [0.2, 0.25) is 0 Å². The maximum atomic E-state index is 4.00. The molecule has 0 amide bonds. The molecular formula is C20H17N. The number of hydrogen-bond donors (Lipinski definition) is 0. The largest absolute Gasteiger partial charge is 0.265 e. The Bertz CT molecular complexity index is 707. The highest BCUT2D eigenvalue weighted by molar-refractivity contribution is 5.94. The van der Waals surface area contributed by atoms with Crippen molar-refractivity contribution in [3.63, 3.8) is 0 Å². The van der Waals surface area contributed by atoms with Gasteiger partial charge in [-0.1, -0.05) is 54.6 Å². The van der Waals surface area contributed by atoms with Gasteiger partial charge in [0.1, 0.15) is 0 Å². The number of rotatable bonds is 0. The van der Waals surface area contributed by atoms with Crippen LogP contribution in [0.15, 0.2) is 73.1 Å². The molecule has 0 saturated carbocycles. The van der Waals surface area contributed by atoms with Crippen LogP contribution in [-0.4, -0.2) is 4.98 Å². The summed E-state index contributed by atoms with van der Waals surface area (Å²) in [5.41, 5.74) is 2.81. The Labute approximate surface area is 126 Å². The van der Waals surface area contributed by atoms with Crippen molar-refractivity contribution in [3.05, 3.63) is 84.2 Å². The van der Waals surface area contributed by atoms with Gasteiger partial charge in [-0.05, 0) is 40.5 Å². The molecule has 0 unspecified atom stereocenters. The zero-order valence-electron chi connectivity index (χ0n) is 11.8. The number of allylic oxidation sites excluding steroid dienone is 1. The molecule has 1 nitrogen and oxygen atoms in total. The maximum Gasteiger partial charge on any atom is 0.0267 e. The first-order valence-corrected chi connectivity index (χ1v) is 6.80. The summed E-state index contributed by atoms with van der Waals surface area (Å²) in [6, 6.07) is 18.7. The minimum atomic E-state index is 1.08. The average Bonchev–Trinajstić information content (AvgIpc) is 2.60. The SMILES string of the molecule is C#C.C1=Cc2cccc3cccc(c23)C1.c1ccncc1. The Hall–Kier alpha value is -2.85. The molecular weight excluding hydrogens is 254 g/mol. The van der Waals surface area contributed by atoms with Gasteiger partial charge < -0.3 is 0 Å². The fraction of sp³-hybridized carbons (Fsp3) is 0.0500. The van der Waals surface area contributed by atoms with Crippen LogP contribution in [0.5, 0.6) is 0 Å². The minimum absolute atomic E-state index is 1.08. The number of aromatic nitrogens is 1. The van der Waals surface area contributed by atoms with Gasteiger partial charge in [0, 0.05) is 12.4 Å². The van der Waals surface area contributed by atoms with E-state index in [4.69, 9.17) is 0 Å². The van der Waals surface area contributed by atoms with E-state index >= 15 is 0 Å². The van der Waals surface area contributed by atoms with E-state index in [1.54, 1.807) is 12.4 Å². The molecule has 1 heteroatoms. The van der Waals surface area contributed by atoms with Crippen molar-refractivity contribution in [1.82, 2.24) is 4.98 Å². The Kier molecular flexibility index (Phi) is 5.32. The smallest absolute Gasteiger partial charge is 0.0267 e. The zero-order valence-corrected chi connectivity index (χ0v) is 11.8. The van der Waals surface area contributed by atoms with Crippen LogP contribution in [0.25, 0.3) is 16.8 Å². The van der Waals surface area contributed by atoms with Crippen molar-refractivity contribution < 1.29 is 0 Å². The van der Waals surface area contributed by atoms with Crippen LogP contribution in [-0.2, 0) is 6.42 Å². The molecule has 0 N–H and O–H groups in total. The molecule has 21 heavy (non-hydrogen) atoms. The summed E-state index contributed by atoms with van der Waals surface area (Å²) < 4.78 is 0. The predicted octanol–water partition coefficient (Wildman–Crippen LogP) is 4.74. The van der Waals surface area contributed by atoms with Gasteiger partial charge in [0.25, 0.3) is 0 Å². The van der Waals surface area contributed by atoms with Gasteiger partial charge in [-0.25, -0.2) is 0 Å². The first kappa shape index (κ1) is 14.6. The summed E-state index contributed by atoms with van der Waals surface area (Å²) in [5, 5.41) is 2.80. The van der Waals surface area contributed by atoms with Gasteiger partial charge in [-0.15, -0.1) is 12.8 Å². The molecule has 1 aliphatic rings. The van der Waals surface area contributed by atoms with E-state index in [1.165, 1.54) is 21.9 Å². The second kappa shape index (κ2) is 7.67. The van der Waals surface area contributed by atoms with E-state index in [0.717, 1.165) is 6.42 Å². The minimum Gasteiger partial charge on any atom is -0.265 e. The maximum absolute atomic E-state index is 4.00. The molecule has 0 aliphatic heterocycles. The summed E-state index contributed by atoms with van der Waals surface area (Å²) in [6.07, 6.45) is 17.0. The fourth-order valence-electron chi connectivity index (χ4n) is 2.38. The molecule has 4 rings (SSSR count). The molecule has 3 aromatic rings. The van der Waals surface area contributed by atoms with Gasteiger partial charge >= 0.3 is 0 Å². The summed E-state index contributed by atoms with van der Waals surface area (Å²) in [6.45, 7) is 0. The molecule has 0 saturated heterocycles. The van der Waals surface area contributed by atoms with Crippen LogP contribution in [0.1, 0.15) is 11.1 Å². The lowest BCUT2D eigenvalue weighted by molar-refractivity contribution is 1.29. The predicted molar refractivity (Wildman–Crippen MR) is 90.8 cm³/mol. The number of hydrogen-bond acceptors (Lipinski definition) is 1. The number of benzene rings is 2. The van der Waals surface area contributed by atoms with Crippen LogP contribution in [0.2, 0.25) is 0 Å². The third kappa shape index (κ3) is 3.58. The van der Waals surface area contributed by atoms with E-state index < -0.39 is 0 Å². The molecule has 0 atom stereocenters. The lowest BCUT2D eigenvalue weighted by atomic mass is 9.93. The first-order chi connectivity index (χ1) is 10.4. The fourth-order valence-corrected chi connectivity index (χ4v) is 2.38. The van der Waals surface area contributed by atoms with Crippen molar-refractivity contribution in [3.8, 4) is 12.8 Å². The molecule has 0 spiro atoms. The second-order valence-electron chi connectivity index (χ2n) is 4.49. The van der Waals surface area contributed by atoms with Gasteiger partial charge in [-0.3, -0.25) is 4.98 Å². The summed E-state index contributed by atoms with van der Waals surface area (Å²) >= 11 is 0. The normalized spacial score (nSPS) is 10.8. The first-order valence-electron chi connectivity index (χ1n) is 6.80. The molecule has 0 fully saturated rings. The lowest BCUT2D eigenvalue weighted by Crippen LogP contribution is -1.91.